The molecule has 2 bridgehead atoms. The third-order valence-corrected chi connectivity index (χ3v) is 6.35. The standard InChI is InChI=1S/C20H29ClN2O/c1-22(2)19-7-3-6-15-10-20(18(21)11-17(15)19)24-16-9-14-5-4-8-23(12-14)13-16/h10-11,14,16,19H,3-9,12-13H2,1-2H3. The van der Waals surface area contributed by atoms with Crippen LogP contribution in [0, 0.1) is 5.92 Å². The number of hydrogen-bond acceptors (Lipinski definition) is 3. The SMILES string of the molecule is CN(C)C1CCCc2cc(OC3CC4CCCN(C4)C3)c(Cl)cc21. The molecule has 132 valence electrons. The van der Waals surface area contributed by atoms with Crippen LogP contribution in [0.15, 0.2) is 12.1 Å². The first kappa shape index (κ1) is 16.7. The molecule has 4 unspecified atom stereocenters. The number of ether oxygens (including phenoxy) is 1. The van der Waals surface area contributed by atoms with Crippen molar-refractivity contribution in [3.05, 3.63) is 28.3 Å². The molecular weight excluding hydrogens is 320 g/mol. The first-order valence-electron chi connectivity index (χ1n) is 9.48. The van der Waals surface area contributed by atoms with Crippen LogP contribution in [0.5, 0.6) is 5.75 Å². The lowest BCUT2D eigenvalue weighted by Gasteiger charge is -2.41. The van der Waals surface area contributed by atoms with E-state index in [0.29, 0.717) is 12.1 Å². The molecule has 2 heterocycles. The molecule has 1 aromatic carbocycles. The number of fused-ring (bicyclic) bond motifs is 3. The first-order chi connectivity index (χ1) is 11.6. The lowest BCUT2D eigenvalue weighted by Crippen LogP contribution is -2.48. The highest BCUT2D eigenvalue weighted by Crippen LogP contribution is 2.39. The summed E-state index contributed by atoms with van der Waals surface area (Å²) in [4.78, 5) is 4.88. The Morgan fingerprint density at radius 2 is 2.04 bits per heavy atom. The number of piperidine rings is 2. The van der Waals surface area contributed by atoms with Gasteiger partial charge in [-0.05, 0) is 88.3 Å². The molecule has 4 atom stereocenters. The van der Waals surface area contributed by atoms with Crippen molar-refractivity contribution in [2.24, 2.45) is 5.92 Å². The second-order valence-electron chi connectivity index (χ2n) is 8.10. The zero-order valence-corrected chi connectivity index (χ0v) is 15.7. The number of rotatable bonds is 3. The summed E-state index contributed by atoms with van der Waals surface area (Å²) >= 11 is 6.61. The van der Waals surface area contributed by atoms with Gasteiger partial charge in [0.25, 0.3) is 0 Å². The normalized spacial score (nSPS) is 32.5. The van der Waals surface area contributed by atoms with Gasteiger partial charge in [-0.3, -0.25) is 4.90 Å². The minimum atomic E-state index is 0.299. The fourth-order valence-corrected chi connectivity index (χ4v) is 5.13. The highest BCUT2D eigenvalue weighted by molar-refractivity contribution is 6.32. The van der Waals surface area contributed by atoms with Crippen molar-refractivity contribution in [1.29, 1.82) is 0 Å². The van der Waals surface area contributed by atoms with Gasteiger partial charge in [-0.25, -0.2) is 0 Å². The molecule has 1 aromatic rings. The van der Waals surface area contributed by atoms with Gasteiger partial charge in [0.15, 0.2) is 0 Å². The summed E-state index contributed by atoms with van der Waals surface area (Å²) in [6.45, 7) is 3.56. The molecule has 0 saturated carbocycles. The average molecular weight is 349 g/mol. The van der Waals surface area contributed by atoms with Gasteiger partial charge >= 0.3 is 0 Å². The molecule has 2 saturated heterocycles. The van der Waals surface area contributed by atoms with Crippen molar-refractivity contribution >= 4 is 11.6 Å². The van der Waals surface area contributed by atoms with E-state index in [-0.39, 0.29) is 0 Å². The zero-order valence-electron chi connectivity index (χ0n) is 14.9. The summed E-state index contributed by atoms with van der Waals surface area (Å²) in [7, 11) is 4.32. The number of benzene rings is 1. The molecule has 2 fully saturated rings. The second-order valence-corrected chi connectivity index (χ2v) is 8.50. The Kier molecular flexibility index (Phi) is 4.77. The summed E-state index contributed by atoms with van der Waals surface area (Å²) < 4.78 is 6.40. The molecular formula is C20H29ClN2O. The first-order valence-corrected chi connectivity index (χ1v) is 9.85. The number of aryl methyl sites for hydroxylation is 1. The van der Waals surface area contributed by atoms with Crippen LogP contribution in [0.4, 0.5) is 0 Å². The Morgan fingerprint density at radius 1 is 1.17 bits per heavy atom. The van der Waals surface area contributed by atoms with Crippen molar-refractivity contribution in [1.82, 2.24) is 9.80 Å². The van der Waals surface area contributed by atoms with E-state index in [2.05, 4.69) is 36.0 Å². The summed E-state index contributed by atoms with van der Waals surface area (Å²) in [5, 5.41) is 0.785. The van der Waals surface area contributed by atoms with Crippen LogP contribution in [-0.4, -0.2) is 49.6 Å². The van der Waals surface area contributed by atoms with E-state index >= 15 is 0 Å². The molecule has 3 nitrogen and oxygen atoms in total. The number of nitrogens with zero attached hydrogens (tertiary/aromatic N) is 2. The Balaban J connectivity index is 1.54. The average Bonchev–Trinajstić information content (AvgIpc) is 2.54. The molecule has 24 heavy (non-hydrogen) atoms. The van der Waals surface area contributed by atoms with E-state index in [1.807, 2.05) is 0 Å². The smallest absolute Gasteiger partial charge is 0.138 e. The maximum absolute atomic E-state index is 6.61. The summed E-state index contributed by atoms with van der Waals surface area (Å²) in [5.74, 6) is 1.72. The van der Waals surface area contributed by atoms with Gasteiger partial charge < -0.3 is 9.64 Å². The lowest BCUT2D eigenvalue weighted by molar-refractivity contribution is 0.0296. The van der Waals surface area contributed by atoms with Crippen LogP contribution in [0.1, 0.15) is 49.3 Å². The Labute approximate surface area is 150 Å². The maximum atomic E-state index is 6.61. The van der Waals surface area contributed by atoms with Gasteiger partial charge in [0.05, 0.1) is 5.02 Å². The fraction of sp³-hybridized carbons (Fsp3) is 0.700. The van der Waals surface area contributed by atoms with Crippen LogP contribution < -0.4 is 4.74 Å². The largest absolute Gasteiger partial charge is 0.488 e. The van der Waals surface area contributed by atoms with E-state index in [1.54, 1.807) is 0 Å². The predicted molar refractivity (Wildman–Crippen MR) is 99.0 cm³/mol. The molecule has 0 radical (unpaired) electrons. The minimum absolute atomic E-state index is 0.299. The Morgan fingerprint density at radius 3 is 2.83 bits per heavy atom. The van der Waals surface area contributed by atoms with Gasteiger partial charge in [-0.2, -0.15) is 0 Å². The molecule has 2 aliphatic heterocycles. The van der Waals surface area contributed by atoms with Gasteiger partial charge in [0.2, 0.25) is 0 Å². The molecule has 0 spiro atoms. The van der Waals surface area contributed by atoms with Crippen molar-refractivity contribution in [2.45, 2.75) is 50.7 Å². The highest BCUT2D eigenvalue weighted by atomic mass is 35.5. The molecule has 0 amide bonds. The van der Waals surface area contributed by atoms with E-state index in [0.717, 1.165) is 29.7 Å². The monoisotopic (exact) mass is 348 g/mol. The van der Waals surface area contributed by atoms with E-state index < -0.39 is 0 Å². The van der Waals surface area contributed by atoms with Crippen LogP contribution >= 0.6 is 11.6 Å². The van der Waals surface area contributed by atoms with Crippen LogP contribution in [0.2, 0.25) is 5.02 Å². The quantitative estimate of drug-likeness (QED) is 0.816. The molecule has 0 N–H and O–H groups in total. The maximum Gasteiger partial charge on any atom is 0.138 e. The fourth-order valence-electron chi connectivity index (χ4n) is 4.91. The third kappa shape index (κ3) is 3.31. The summed E-state index contributed by atoms with van der Waals surface area (Å²) in [6, 6.07) is 4.88. The molecule has 4 heteroatoms. The number of halogens is 1. The Bertz CT molecular complexity index is 592. The molecule has 0 aromatic heterocycles. The molecule has 3 aliphatic rings. The van der Waals surface area contributed by atoms with Gasteiger partial charge in [-0.15, -0.1) is 0 Å². The van der Waals surface area contributed by atoms with Crippen LogP contribution in [0.3, 0.4) is 0 Å². The molecule has 4 rings (SSSR count). The highest BCUT2D eigenvalue weighted by Gasteiger charge is 2.32. The van der Waals surface area contributed by atoms with Gasteiger partial charge in [0.1, 0.15) is 11.9 Å². The zero-order chi connectivity index (χ0) is 16.7. The molecule has 1 aliphatic carbocycles. The lowest BCUT2D eigenvalue weighted by atomic mass is 9.86. The van der Waals surface area contributed by atoms with E-state index in [9.17, 15) is 0 Å². The van der Waals surface area contributed by atoms with E-state index in [1.165, 1.54) is 56.3 Å². The van der Waals surface area contributed by atoms with Gasteiger partial charge in [-0.1, -0.05) is 11.6 Å². The number of hydrogen-bond donors (Lipinski definition) is 0. The minimum Gasteiger partial charge on any atom is -0.488 e. The third-order valence-electron chi connectivity index (χ3n) is 6.05. The van der Waals surface area contributed by atoms with Crippen molar-refractivity contribution in [3.63, 3.8) is 0 Å². The van der Waals surface area contributed by atoms with E-state index in [4.69, 9.17) is 16.3 Å². The van der Waals surface area contributed by atoms with Crippen molar-refractivity contribution in [2.75, 3.05) is 33.7 Å². The Hall–Kier alpha value is -0.770. The van der Waals surface area contributed by atoms with Crippen LogP contribution in [0.25, 0.3) is 0 Å². The van der Waals surface area contributed by atoms with Gasteiger partial charge in [0, 0.05) is 19.1 Å². The van der Waals surface area contributed by atoms with Crippen LogP contribution in [-0.2, 0) is 6.42 Å². The van der Waals surface area contributed by atoms with Crippen molar-refractivity contribution in [3.8, 4) is 5.75 Å². The second kappa shape index (κ2) is 6.86. The predicted octanol–water partition coefficient (Wildman–Crippen LogP) is 4.14. The summed E-state index contributed by atoms with van der Waals surface area (Å²) in [6.07, 6.45) is 7.80. The summed E-state index contributed by atoms with van der Waals surface area (Å²) in [5.41, 5.74) is 2.82. The van der Waals surface area contributed by atoms with Crippen molar-refractivity contribution < 1.29 is 4.74 Å². The topological polar surface area (TPSA) is 15.7 Å².